The number of terminal acetylenes is 1. The lowest BCUT2D eigenvalue weighted by Gasteiger charge is -2.16. The Morgan fingerprint density at radius 2 is 1.81 bits per heavy atom. The number of carbonyl (C=O) groups is 4. The van der Waals surface area contributed by atoms with E-state index in [-0.39, 0.29) is 19.4 Å². The lowest BCUT2D eigenvalue weighted by atomic mass is 10.2. The number of rotatable bonds is 9. The molecule has 0 radical (unpaired) electrons. The van der Waals surface area contributed by atoms with Crippen LogP contribution in [0.1, 0.15) is 23.2 Å². The molecule has 26 heavy (non-hydrogen) atoms. The van der Waals surface area contributed by atoms with Crippen LogP contribution in [0.2, 0.25) is 0 Å². The second-order valence-corrected chi connectivity index (χ2v) is 4.97. The Kier molecular flexibility index (Phi) is 8.96. The molecule has 1 aromatic rings. The molecule has 0 bridgehead atoms. The van der Waals surface area contributed by atoms with Crippen molar-refractivity contribution in [1.82, 2.24) is 5.32 Å². The summed E-state index contributed by atoms with van der Waals surface area (Å²) < 4.78 is 14.2. The Morgan fingerprint density at radius 3 is 2.42 bits per heavy atom. The molecule has 0 aromatic heterocycles. The van der Waals surface area contributed by atoms with Gasteiger partial charge in [-0.15, -0.1) is 6.42 Å². The summed E-state index contributed by atoms with van der Waals surface area (Å²) in [5.74, 6) is -0.540. The number of nitrogens with one attached hydrogen (secondary N) is 1. The second-order valence-electron chi connectivity index (χ2n) is 4.97. The first-order valence-electron chi connectivity index (χ1n) is 7.66. The summed E-state index contributed by atoms with van der Waals surface area (Å²) in [5, 5.41) is 2.35. The van der Waals surface area contributed by atoms with Gasteiger partial charge in [-0.05, 0) is 12.1 Å². The van der Waals surface area contributed by atoms with Gasteiger partial charge >= 0.3 is 17.9 Å². The molecular formula is C18H19NO7. The van der Waals surface area contributed by atoms with Gasteiger partial charge in [0.15, 0.2) is 12.6 Å². The molecular weight excluding hydrogens is 342 g/mol. The Balaban J connectivity index is 2.52. The minimum Gasteiger partial charge on any atom is -0.467 e. The molecule has 0 heterocycles. The molecule has 0 aliphatic heterocycles. The molecule has 1 aromatic carbocycles. The lowest BCUT2D eigenvalue weighted by Crippen LogP contribution is -2.45. The SMILES string of the molecule is C#CCOC(=O)CCC(=O)N[C@@H](COC(=O)c1ccccc1)C(=O)OC. The van der Waals surface area contributed by atoms with E-state index in [0.717, 1.165) is 7.11 Å². The predicted octanol–water partition coefficient (Wildman–Crippen LogP) is 0.458. The molecule has 0 fully saturated rings. The molecule has 0 unspecified atom stereocenters. The molecule has 8 heteroatoms. The van der Waals surface area contributed by atoms with Gasteiger partial charge in [-0.3, -0.25) is 9.59 Å². The monoisotopic (exact) mass is 361 g/mol. The number of amides is 1. The van der Waals surface area contributed by atoms with Gasteiger partial charge in [0.25, 0.3) is 0 Å². The van der Waals surface area contributed by atoms with Gasteiger partial charge in [0, 0.05) is 6.42 Å². The van der Waals surface area contributed by atoms with Gasteiger partial charge in [0.2, 0.25) is 5.91 Å². The van der Waals surface area contributed by atoms with E-state index in [1.165, 1.54) is 0 Å². The topological polar surface area (TPSA) is 108 Å². The van der Waals surface area contributed by atoms with Crippen LogP contribution in [0, 0.1) is 12.3 Å². The minimum atomic E-state index is -1.19. The molecule has 138 valence electrons. The van der Waals surface area contributed by atoms with Gasteiger partial charge in [-0.25, -0.2) is 9.59 Å². The fourth-order valence-corrected chi connectivity index (χ4v) is 1.80. The van der Waals surface area contributed by atoms with Crippen LogP contribution in [0.4, 0.5) is 0 Å². The highest BCUT2D eigenvalue weighted by atomic mass is 16.5. The van der Waals surface area contributed by atoms with E-state index in [1.807, 2.05) is 0 Å². The van der Waals surface area contributed by atoms with Crippen molar-refractivity contribution in [2.24, 2.45) is 0 Å². The number of hydrogen-bond donors (Lipinski definition) is 1. The number of methoxy groups -OCH3 is 1. The summed E-state index contributed by atoms with van der Waals surface area (Å²) in [5.41, 5.74) is 0.304. The first-order valence-corrected chi connectivity index (χ1v) is 7.66. The Hall–Kier alpha value is -3.34. The molecule has 0 aliphatic rings. The van der Waals surface area contributed by atoms with Gasteiger partial charge in [-0.2, -0.15) is 0 Å². The number of hydrogen-bond acceptors (Lipinski definition) is 7. The quantitative estimate of drug-likeness (QED) is 0.387. The van der Waals surface area contributed by atoms with E-state index in [0.29, 0.717) is 5.56 Å². The van der Waals surface area contributed by atoms with Gasteiger partial charge in [0.05, 0.1) is 19.1 Å². The summed E-state index contributed by atoms with van der Waals surface area (Å²) in [4.78, 5) is 46.8. The molecule has 8 nitrogen and oxygen atoms in total. The summed E-state index contributed by atoms with van der Waals surface area (Å²) in [6.45, 7) is -0.589. The van der Waals surface area contributed by atoms with Crippen molar-refractivity contribution in [3.63, 3.8) is 0 Å². The van der Waals surface area contributed by atoms with E-state index in [1.54, 1.807) is 30.3 Å². The van der Waals surface area contributed by atoms with Crippen molar-refractivity contribution in [1.29, 1.82) is 0 Å². The highest BCUT2D eigenvalue weighted by Gasteiger charge is 2.24. The summed E-state index contributed by atoms with van der Waals surface area (Å²) >= 11 is 0. The van der Waals surface area contributed by atoms with Gasteiger partial charge in [-0.1, -0.05) is 24.1 Å². The number of carbonyl (C=O) groups excluding carboxylic acids is 4. The normalized spacial score (nSPS) is 10.8. The van der Waals surface area contributed by atoms with Crippen LogP contribution in [0.15, 0.2) is 30.3 Å². The van der Waals surface area contributed by atoms with Crippen molar-refractivity contribution in [3.05, 3.63) is 35.9 Å². The van der Waals surface area contributed by atoms with Crippen molar-refractivity contribution in [2.45, 2.75) is 18.9 Å². The maximum atomic E-state index is 11.9. The molecule has 1 N–H and O–H groups in total. The minimum absolute atomic E-state index is 0.180. The average Bonchev–Trinajstić information content (AvgIpc) is 2.67. The molecule has 1 rings (SSSR count). The zero-order valence-corrected chi connectivity index (χ0v) is 14.2. The molecule has 0 saturated carbocycles. The summed E-state index contributed by atoms with van der Waals surface area (Å²) in [6, 6.07) is 6.97. The predicted molar refractivity (Wildman–Crippen MR) is 89.7 cm³/mol. The third-order valence-electron chi connectivity index (χ3n) is 3.08. The van der Waals surface area contributed by atoms with Crippen molar-refractivity contribution < 1.29 is 33.4 Å². The molecule has 1 atom stereocenters. The smallest absolute Gasteiger partial charge is 0.338 e. The van der Waals surface area contributed by atoms with E-state index in [4.69, 9.17) is 11.2 Å². The first kappa shape index (κ1) is 20.7. The number of benzene rings is 1. The van der Waals surface area contributed by atoms with Crippen LogP contribution in [-0.2, 0) is 28.6 Å². The summed E-state index contributed by atoms with van der Waals surface area (Å²) in [6.07, 6.45) is 4.53. The zero-order valence-electron chi connectivity index (χ0n) is 14.2. The van der Waals surface area contributed by atoms with E-state index in [9.17, 15) is 19.2 Å². The highest BCUT2D eigenvalue weighted by Crippen LogP contribution is 2.03. The van der Waals surface area contributed by atoms with E-state index in [2.05, 4.69) is 20.7 Å². The summed E-state index contributed by atoms with van der Waals surface area (Å²) in [7, 11) is 1.14. The zero-order chi connectivity index (χ0) is 19.4. The Morgan fingerprint density at radius 1 is 1.12 bits per heavy atom. The van der Waals surface area contributed by atoms with Crippen molar-refractivity contribution in [3.8, 4) is 12.3 Å². The average molecular weight is 361 g/mol. The third-order valence-corrected chi connectivity index (χ3v) is 3.08. The van der Waals surface area contributed by atoms with Crippen LogP contribution in [0.25, 0.3) is 0 Å². The Bertz CT molecular complexity index is 679. The first-order chi connectivity index (χ1) is 12.5. The van der Waals surface area contributed by atoms with Crippen LogP contribution < -0.4 is 5.32 Å². The molecule has 0 saturated heterocycles. The highest BCUT2D eigenvalue weighted by molar-refractivity contribution is 5.90. The van der Waals surface area contributed by atoms with E-state index < -0.39 is 36.5 Å². The fourth-order valence-electron chi connectivity index (χ4n) is 1.80. The van der Waals surface area contributed by atoms with E-state index >= 15 is 0 Å². The standard InChI is InChI=1S/C18H19NO7/c1-3-11-25-16(21)10-9-15(20)19-14(18(23)24-2)12-26-17(22)13-7-5-4-6-8-13/h1,4-8,14H,9-12H2,2H3,(H,19,20)/t14-/m0/s1. The van der Waals surface area contributed by atoms with Crippen molar-refractivity contribution in [2.75, 3.05) is 20.3 Å². The van der Waals surface area contributed by atoms with Crippen LogP contribution in [-0.4, -0.2) is 50.2 Å². The second kappa shape index (κ2) is 11.3. The van der Waals surface area contributed by atoms with Gasteiger partial charge < -0.3 is 19.5 Å². The van der Waals surface area contributed by atoms with Gasteiger partial charge in [0.1, 0.15) is 6.61 Å². The van der Waals surface area contributed by atoms with Crippen LogP contribution >= 0.6 is 0 Å². The molecule has 0 spiro atoms. The van der Waals surface area contributed by atoms with Crippen LogP contribution in [0.5, 0.6) is 0 Å². The number of esters is 3. The number of ether oxygens (including phenoxy) is 3. The molecule has 1 amide bonds. The largest absolute Gasteiger partial charge is 0.467 e. The molecule has 0 aliphatic carbocycles. The van der Waals surface area contributed by atoms with Crippen molar-refractivity contribution >= 4 is 23.8 Å². The third kappa shape index (κ3) is 7.49. The maximum absolute atomic E-state index is 11.9. The lowest BCUT2D eigenvalue weighted by molar-refractivity contribution is -0.146. The van der Waals surface area contributed by atoms with Crippen LogP contribution in [0.3, 0.4) is 0 Å². The Labute approximate surface area is 150 Å². The fraction of sp³-hybridized carbons (Fsp3) is 0.333. The maximum Gasteiger partial charge on any atom is 0.338 e.